The Morgan fingerprint density at radius 3 is 1.65 bits per heavy atom. The molecule has 0 radical (unpaired) electrons. The van der Waals surface area contributed by atoms with Crippen LogP contribution in [0.3, 0.4) is 0 Å². The van der Waals surface area contributed by atoms with Crippen LogP contribution in [0.25, 0.3) is 10.8 Å². The fourth-order valence-electron chi connectivity index (χ4n) is 4.66. The van der Waals surface area contributed by atoms with Crippen LogP contribution in [0.2, 0.25) is 0 Å². The van der Waals surface area contributed by atoms with E-state index in [0.29, 0.717) is 6.42 Å². The summed E-state index contributed by atoms with van der Waals surface area (Å²) in [6.07, 6.45) is 20.2. The van der Waals surface area contributed by atoms with Gasteiger partial charge in [0.05, 0.1) is 0 Å². The average molecular weight is 504 g/mol. The van der Waals surface area contributed by atoms with Gasteiger partial charge in [0, 0.05) is 23.2 Å². The summed E-state index contributed by atoms with van der Waals surface area (Å²) < 4.78 is 0. The minimum atomic E-state index is -0.653. The number of rotatable bonds is 18. The van der Waals surface area contributed by atoms with Gasteiger partial charge in [-0.2, -0.15) is 0 Å². The number of carboxylic acid groups (broad SMARTS) is 1. The first kappa shape index (κ1) is 30.4. The third-order valence-electron chi connectivity index (χ3n) is 6.84. The molecule has 0 bridgehead atoms. The van der Waals surface area contributed by atoms with Crippen molar-refractivity contribution in [2.24, 2.45) is 0 Å². The minimum absolute atomic E-state index is 0.345. The van der Waals surface area contributed by atoms with Crippen LogP contribution in [-0.4, -0.2) is 11.1 Å². The van der Waals surface area contributed by atoms with E-state index >= 15 is 0 Å². The summed E-state index contributed by atoms with van der Waals surface area (Å²) in [5.74, 6) is -0.653. The molecule has 202 valence electrons. The lowest BCUT2D eigenvalue weighted by atomic mass is 10.0. The maximum Gasteiger partial charge on any atom is 0.303 e. The molecule has 3 heteroatoms. The molecule has 0 aliphatic rings. The zero-order valence-corrected chi connectivity index (χ0v) is 23.1. The average Bonchev–Trinajstić information content (AvgIpc) is 2.92. The Hall–Kier alpha value is -2.81. The summed E-state index contributed by atoms with van der Waals surface area (Å²) in [5.41, 5.74) is 2.26. The molecule has 3 rings (SSSR count). The van der Waals surface area contributed by atoms with Crippen molar-refractivity contribution in [3.8, 4) is 0 Å². The molecule has 3 aromatic carbocycles. The highest BCUT2D eigenvalue weighted by Crippen LogP contribution is 2.26. The smallest absolute Gasteiger partial charge is 0.303 e. The quantitative estimate of drug-likeness (QED) is 0.170. The predicted molar refractivity (Wildman–Crippen MR) is 161 cm³/mol. The standard InChI is InChI=1S/C18H36O2.C16H13N/c1-2-3-4-5-6-7-8-9-10-11-12-13-14-15-16-17-18(19)20;1-2-9-14(10-3-1)17-16-12-6-8-13-7-4-5-11-15(13)16/h2-17H2,1H3,(H,19,20);1-12,17H. The van der Waals surface area contributed by atoms with E-state index in [9.17, 15) is 4.79 Å². The molecule has 0 spiro atoms. The number of benzene rings is 3. The van der Waals surface area contributed by atoms with E-state index in [1.54, 1.807) is 0 Å². The van der Waals surface area contributed by atoms with E-state index < -0.39 is 5.97 Å². The predicted octanol–water partition coefficient (Wildman–Crippen LogP) is 10.9. The summed E-state index contributed by atoms with van der Waals surface area (Å²) in [5, 5.41) is 14.5. The van der Waals surface area contributed by atoms with Crippen LogP contribution in [0.1, 0.15) is 110 Å². The number of anilines is 2. The van der Waals surface area contributed by atoms with Crippen molar-refractivity contribution in [3.05, 3.63) is 72.8 Å². The number of carbonyl (C=O) groups is 1. The zero-order valence-electron chi connectivity index (χ0n) is 23.1. The molecule has 0 aliphatic heterocycles. The molecule has 37 heavy (non-hydrogen) atoms. The van der Waals surface area contributed by atoms with Gasteiger partial charge in [-0.25, -0.2) is 0 Å². The van der Waals surface area contributed by atoms with Crippen molar-refractivity contribution in [1.82, 2.24) is 0 Å². The van der Waals surface area contributed by atoms with Gasteiger partial charge in [0.1, 0.15) is 0 Å². The van der Waals surface area contributed by atoms with Crippen LogP contribution < -0.4 is 5.32 Å². The number of aliphatic carboxylic acids is 1. The van der Waals surface area contributed by atoms with Crippen LogP contribution in [0.15, 0.2) is 72.8 Å². The molecule has 0 saturated carbocycles. The molecule has 0 aliphatic carbocycles. The molecular formula is C34H49NO2. The molecule has 3 nitrogen and oxygen atoms in total. The molecule has 0 heterocycles. The van der Waals surface area contributed by atoms with Crippen molar-refractivity contribution < 1.29 is 9.90 Å². The Balaban J connectivity index is 0.000000262. The van der Waals surface area contributed by atoms with E-state index in [1.165, 1.54) is 94.2 Å². The Bertz CT molecular complexity index is 964. The number of unbranched alkanes of at least 4 members (excludes halogenated alkanes) is 14. The topological polar surface area (TPSA) is 49.3 Å². The molecule has 0 unspecified atom stereocenters. The lowest BCUT2D eigenvalue weighted by molar-refractivity contribution is -0.137. The van der Waals surface area contributed by atoms with Crippen molar-refractivity contribution in [3.63, 3.8) is 0 Å². The van der Waals surface area contributed by atoms with Crippen molar-refractivity contribution in [1.29, 1.82) is 0 Å². The van der Waals surface area contributed by atoms with Gasteiger partial charge < -0.3 is 10.4 Å². The minimum Gasteiger partial charge on any atom is -0.481 e. The summed E-state index contributed by atoms with van der Waals surface area (Å²) in [7, 11) is 0. The van der Waals surface area contributed by atoms with E-state index in [2.05, 4.69) is 66.8 Å². The second kappa shape index (κ2) is 20.3. The highest BCUT2D eigenvalue weighted by molar-refractivity contribution is 5.95. The van der Waals surface area contributed by atoms with E-state index in [0.717, 1.165) is 24.2 Å². The van der Waals surface area contributed by atoms with E-state index in [1.807, 2.05) is 18.2 Å². The Labute approximate surface area is 225 Å². The Morgan fingerprint density at radius 1 is 0.595 bits per heavy atom. The van der Waals surface area contributed by atoms with Crippen LogP contribution >= 0.6 is 0 Å². The maximum absolute atomic E-state index is 10.3. The van der Waals surface area contributed by atoms with Crippen LogP contribution in [0, 0.1) is 0 Å². The highest BCUT2D eigenvalue weighted by atomic mass is 16.4. The van der Waals surface area contributed by atoms with Gasteiger partial charge in [0.25, 0.3) is 0 Å². The van der Waals surface area contributed by atoms with Crippen molar-refractivity contribution in [2.45, 2.75) is 110 Å². The summed E-state index contributed by atoms with van der Waals surface area (Å²) in [6, 6.07) is 25.0. The largest absolute Gasteiger partial charge is 0.481 e. The van der Waals surface area contributed by atoms with Gasteiger partial charge in [0.15, 0.2) is 0 Å². The second-order valence-electron chi connectivity index (χ2n) is 10.1. The van der Waals surface area contributed by atoms with Crippen LogP contribution in [0.5, 0.6) is 0 Å². The van der Waals surface area contributed by atoms with E-state index in [4.69, 9.17) is 5.11 Å². The number of fused-ring (bicyclic) bond motifs is 1. The molecule has 0 aromatic heterocycles. The monoisotopic (exact) mass is 503 g/mol. The second-order valence-corrected chi connectivity index (χ2v) is 10.1. The van der Waals surface area contributed by atoms with Gasteiger partial charge in [-0.1, -0.05) is 151 Å². The third kappa shape index (κ3) is 14.5. The first-order chi connectivity index (χ1) is 18.2. The molecule has 2 N–H and O–H groups in total. The van der Waals surface area contributed by atoms with Crippen molar-refractivity contribution >= 4 is 28.1 Å². The number of hydrogen-bond donors (Lipinski definition) is 2. The van der Waals surface area contributed by atoms with Gasteiger partial charge in [-0.15, -0.1) is 0 Å². The van der Waals surface area contributed by atoms with Gasteiger partial charge in [0.2, 0.25) is 0 Å². The van der Waals surface area contributed by atoms with Gasteiger partial charge in [-0.3, -0.25) is 4.79 Å². The van der Waals surface area contributed by atoms with Crippen LogP contribution in [-0.2, 0) is 4.79 Å². The molecule has 0 amide bonds. The Morgan fingerprint density at radius 2 is 1.08 bits per heavy atom. The molecule has 0 saturated heterocycles. The molecule has 3 aromatic rings. The first-order valence-corrected chi connectivity index (χ1v) is 14.7. The normalized spacial score (nSPS) is 10.6. The summed E-state index contributed by atoms with van der Waals surface area (Å²) >= 11 is 0. The Kier molecular flexibility index (Phi) is 16.7. The number of nitrogens with one attached hydrogen (secondary N) is 1. The number of hydrogen-bond acceptors (Lipinski definition) is 2. The van der Waals surface area contributed by atoms with Crippen molar-refractivity contribution in [2.75, 3.05) is 5.32 Å². The third-order valence-corrected chi connectivity index (χ3v) is 6.84. The molecule has 0 fully saturated rings. The maximum atomic E-state index is 10.3. The lowest BCUT2D eigenvalue weighted by Crippen LogP contribution is -1.93. The van der Waals surface area contributed by atoms with Gasteiger partial charge in [-0.05, 0) is 30.0 Å². The fourth-order valence-corrected chi connectivity index (χ4v) is 4.66. The van der Waals surface area contributed by atoms with Gasteiger partial charge >= 0.3 is 5.97 Å². The molecule has 0 atom stereocenters. The van der Waals surface area contributed by atoms with Crippen LogP contribution in [0.4, 0.5) is 11.4 Å². The highest BCUT2D eigenvalue weighted by Gasteiger charge is 2.00. The zero-order chi connectivity index (χ0) is 26.4. The lowest BCUT2D eigenvalue weighted by Gasteiger charge is -2.09. The number of para-hydroxylation sites is 1. The molecular weight excluding hydrogens is 454 g/mol. The summed E-state index contributed by atoms with van der Waals surface area (Å²) in [4.78, 5) is 10.3. The fraction of sp³-hybridized carbons (Fsp3) is 0.500. The summed E-state index contributed by atoms with van der Waals surface area (Å²) in [6.45, 7) is 2.27. The number of carboxylic acids is 1. The van der Waals surface area contributed by atoms with E-state index in [-0.39, 0.29) is 0 Å². The first-order valence-electron chi connectivity index (χ1n) is 14.7. The SMILES string of the molecule is CCCCCCCCCCCCCCCCCC(=O)O.c1ccc(Nc2cccc3ccccc23)cc1.